The van der Waals surface area contributed by atoms with E-state index in [-0.39, 0.29) is 0 Å². The van der Waals surface area contributed by atoms with E-state index in [1.165, 1.54) is 19.2 Å². The summed E-state index contributed by atoms with van der Waals surface area (Å²) in [6.07, 6.45) is -0.855. The average molecular weight is 299 g/mol. The first-order valence-corrected chi connectivity index (χ1v) is 5.92. The molecule has 0 spiro atoms. The van der Waals surface area contributed by atoms with E-state index < -0.39 is 11.7 Å². The number of nitrogens with zero attached hydrogens (tertiary/aromatic N) is 2. The van der Waals surface area contributed by atoms with Crippen molar-refractivity contribution in [1.82, 2.24) is 9.78 Å². The average Bonchev–Trinajstić information content (AvgIpc) is 2.41. The Balaban J connectivity index is 2.54. The minimum absolute atomic E-state index is 0.358. The van der Waals surface area contributed by atoms with Gasteiger partial charge in [0.15, 0.2) is 0 Å². The molecule has 0 unspecified atom stereocenters. The van der Waals surface area contributed by atoms with Gasteiger partial charge < -0.3 is 4.74 Å². The third-order valence-electron chi connectivity index (χ3n) is 2.36. The predicted octanol–water partition coefficient (Wildman–Crippen LogP) is 2.83. The molecule has 0 atom stereocenters. The number of methoxy groups -OCH3 is 1. The smallest absolute Gasteiger partial charge is 0.437 e. The number of hydrogen-bond donors (Lipinski definition) is 0. The van der Waals surface area contributed by atoms with E-state index in [4.69, 9.17) is 23.2 Å². The quantitative estimate of drug-likeness (QED) is 0.812. The van der Waals surface area contributed by atoms with Crippen molar-refractivity contribution in [3.63, 3.8) is 0 Å². The number of benzene rings is 1. The zero-order chi connectivity index (χ0) is 14.0. The van der Waals surface area contributed by atoms with Gasteiger partial charge >= 0.3 is 6.09 Å². The maximum atomic E-state index is 11.5. The summed E-state index contributed by atoms with van der Waals surface area (Å²) in [6.45, 7) is 0. The van der Waals surface area contributed by atoms with Crippen LogP contribution in [0.25, 0.3) is 11.3 Å². The van der Waals surface area contributed by atoms with E-state index >= 15 is 0 Å². The Morgan fingerprint density at radius 1 is 1.21 bits per heavy atom. The molecule has 5 nitrogen and oxygen atoms in total. The molecule has 0 saturated heterocycles. The molecule has 0 amide bonds. The van der Waals surface area contributed by atoms with Crippen LogP contribution < -0.4 is 5.56 Å². The number of halogens is 2. The van der Waals surface area contributed by atoms with Crippen molar-refractivity contribution in [3.05, 3.63) is 50.7 Å². The summed E-state index contributed by atoms with van der Waals surface area (Å²) in [7, 11) is 1.17. The van der Waals surface area contributed by atoms with E-state index in [0.29, 0.717) is 26.0 Å². The highest BCUT2D eigenvalue weighted by atomic mass is 35.5. The molecule has 7 heteroatoms. The number of ether oxygens (including phenoxy) is 1. The normalized spacial score (nSPS) is 10.3. The van der Waals surface area contributed by atoms with Crippen LogP contribution in [0.4, 0.5) is 4.79 Å². The topological polar surface area (TPSA) is 61.2 Å². The lowest BCUT2D eigenvalue weighted by atomic mass is 10.1. The Morgan fingerprint density at radius 2 is 1.95 bits per heavy atom. The van der Waals surface area contributed by atoms with Crippen LogP contribution >= 0.6 is 23.2 Å². The van der Waals surface area contributed by atoms with Gasteiger partial charge in [-0.05, 0) is 18.2 Å². The van der Waals surface area contributed by atoms with E-state index in [1.54, 1.807) is 18.2 Å². The van der Waals surface area contributed by atoms with Crippen LogP contribution in [0.5, 0.6) is 0 Å². The third kappa shape index (κ3) is 2.77. The van der Waals surface area contributed by atoms with Gasteiger partial charge in [0.1, 0.15) is 0 Å². The highest BCUT2D eigenvalue weighted by Gasteiger charge is 2.11. The van der Waals surface area contributed by atoms with E-state index in [0.717, 1.165) is 0 Å². The van der Waals surface area contributed by atoms with Gasteiger partial charge in [0, 0.05) is 11.6 Å². The van der Waals surface area contributed by atoms with Crippen molar-refractivity contribution in [2.45, 2.75) is 0 Å². The summed E-state index contributed by atoms with van der Waals surface area (Å²) in [5.74, 6) is 0. The van der Waals surface area contributed by atoms with Crippen molar-refractivity contribution < 1.29 is 9.53 Å². The fraction of sp³-hybridized carbons (Fsp3) is 0.0833. The molecule has 0 saturated carbocycles. The Morgan fingerprint density at radius 3 is 2.58 bits per heavy atom. The molecule has 98 valence electrons. The summed E-state index contributed by atoms with van der Waals surface area (Å²) in [5.41, 5.74) is 0.464. The maximum Gasteiger partial charge on any atom is 0.437 e. The zero-order valence-electron chi connectivity index (χ0n) is 9.76. The summed E-state index contributed by atoms with van der Waals surface area (Å²) >= 11 is 11.7. The molecule has 0 bridgehead atoms. The molecular formula is C12H8Cl2N2O3. The summed E-state index contributed by atoms with van der Waals surface area (Å²) < 4.78 is 5.10. The lowest BCUT2D eigenvalue weighted by Crippen LogP contribution is -2.29. The summed E-state index contributed by atoms with van der Waals surface area (Å²) in [4.78, 5) is 22.8. The molecule has 0 aliphatic heterocycles. The number of rotatable bonds is 1. The van der Waals surface area contributed by atoms with E-state index in [9.17, 15) is 9.59 Å². The summed E-state index contributed by atoms with van der Waals surface area (Å²) in [6, 6.07) is 7.60. The SMILES string of the molecule is COC(=O)n1nc(-c2ccc(Cl)c(Cl)c2)ccc1=O. The van der Waals surface area contributed by atoms with Gasteiger partial charge in [0.2, 0.25) is 0 Å². The van der Waals surface area contributed by atoms with Crippen molar-refractivity contribution in [2.24, 2.45) is 0 Å². The molecule has 0 aliphatic carbocycles. The number of aromatic nitrogens is 2. The molecule has 0 aliphatic rings. The molecule has 1 heterocycles. The molecule has 0 N–H and O–H groups in total. The Bertz CT molecular complexity index is 698. The van der Waals surface area contributed by atoms with Crippen molar-refractivity contribution >= 4 is 29.3 Å². The summed E-state index contributed by atoms with van der Waals surface area (Å²) in [5, 5.41) is 4.68. The van der Waals surface area contributed by atoms with Crippen molar-refractivity contribution in [3.8, 4) is 11.3 Å². The first kappa shape index (κ1) is 13.6. The van der Waals surface area contributed by atoms with Gasteiger partial charge in [0.25, 0.3) is 5.56 Å². The molecular weight excluding hydrogens is 291 g/mol. The lowest BCUT2D eigenvalue weighted by Gasteiger charge is -2.05. The Hall–Kier alpha value is -1.85. The third-order valence-corrected chi connectivity index (χ3v) is 3.10. The molecule has 0 fully saturated rings. The van der Waals surface area contributed by atoms with Crippen LogP contribution in [0.2, 0.25) is 10.0 Å². The predicted molar refractivity (Wildman–Crippen MR) is 71.8 cm³/mol. The molecule has 0 radical (unpaired) electrons. The van der Waals surface area contributed by atoms with Crippen molar-refractivity contribution in [1.29, 1.82) is 0 Å². The van der Waals surface area contributed by atoms with Gasteiger partial charge in [0.05, 0.1) is 22.8 Å². The second-order valence-corrected chi connectivity index (χ2v) is 4.38. The molecule has 1 aromatic heterocycles. The number of carbonyl (C=O) groups is 1. The molecule has 2 aromatic rings. The van der Waals surface area contributed by atoms with Gasteiger partial charge in [-0.25, -0.2) is 4.79 Å². The second-order valence-electron chi connectivity index (χ2n) is 3.57. The van der Waals surface area contributed by atoms with Crippen LogP contribution in [0.15, 0.2) is 35.1 Å². The maximum absolute atomic E-state index is 11.5. The van der Waals surface area contributed by atoms with E-state index in [2.05, 4.69) is 9.84 Å². The van der Waals surface area contributed by atoms with Crippen LogP contribution in [0.1, 0.15) is 0 Å². The molecule has 1 aromatic carbocycles. The molecule has 2 rings (SSSR count). The Labute approximate surface area is 118 Å². The van der Waals surface area contributed by atoms with Crippen molar-refractivity contribution in [2.75, 3.05) is 7.11 Å². The van der Waals surface area contributed by atoms with E-state index in [1.807, 2.05) is 0 Å². The standard InChI is InChI=1S/C12H8Cl2N2O3/c1-19-12(18)16-11(17)5-4-10(15-16)7-2-3-8(13)9(14)6-7/h2-6H,1H3. The number of hydrogen-bond acceptors (Lipinski definition) is 4. The van der Waals surface area contributed by atoms with Crippen LogP contribution in [0, 0.1) is 0 Å². The fourth-order valence-electron chi connectivity index (χ4n) is 1.44. The highest BCUT2D eigenvalue weighted by Crippen LogP contribution is 2.26. The monoisotopic (exact) mass is 298 g/mol. The Kier molecular flexibility index (Phi) is 3.87. The van der Waals surface area contributed by atoms with Crippen LogP contribution in [-0.2, 0) is 4.74 Å². The number of carbonyl (C=O) groups excluding carboxylic acids is 1. The second kappa shape index (κ2) is 5.42. The van der Waals surface area contributed by atoms with Gasteiger partial charge in [-0.15, -0.1) is 4.68 Å². The first-order valence-electron chi connectivity index (χ1n) is 5.17. The van der Waals surface area contributed by atoms with Crippen LogP contribution in [0.3, 0.4) is 0 Å². The minimum Gasteiger partial charge on any atom is -0.451 e. The van der Waals surface area contributed by atoms with Gasteiger partial charge in [-0.1, -0.05) is 29.3 Å². The van der Waals surface area contributed by atoms with Crippen LogP contribution in [-0.4, -0.2) is 23.0 Å². The lowest BCUT2D eigenvalue weighted by molar-refractivity contribution is 0.167. The van der Waals surface area contributed by atoms with Gasteiger partial charge in [-0.2, -0.15) is 5.10 Å². The fourth-order valence-corrected chi connectivity index (χ4v) is 1.74. The zero-order valence-corrected chi connectivity index (χ0v) is 11.3. The molecule has 19 heavy (non-hydrogen) atoms. The first-order chi connectivity index (χ1) is 9.02. The minimum atomic E-state index is -0.855. The highest BCUT2D eigenvalue weighted by molar-refractivity contribution is 6.42. The van der Waals surface area contributed by atoms with Gasteiger partial charge in [-0.3, -0.25) is 4.79 Å². The largest absolute Gasteiger partial charge is 0.451 e.